The van der Waals surface area contributed by atoms with Crippen LogP contribution >= 0.6 is 11.8 Å². The molecular formula is C23H21NO3S. The highest BCUT2D eigenvalue weighted by Crippen LogP contribution is 2.36. The lowest BCUT2D eigenvalue weighted by molar-refractivity contribution is -0.113. The van der Waals surface area contributed by atoms with Gasteiger partial charge in [-0.3, -0.25) is 4.79 Å². The maximum atomic E-state index is 12.4. The van der Waals surface area contributed by atoms with Gasteiger partial charge in [0, 0.05) is 22.6 Å². The van der Waals surface area contributed by atoms with Crippen LogP contribution < -0.4 is 10.1 Å². The van der Waals surface area contributed by atoms with Crippen LogP contribution in [-0.4, -0.2) is 18.8 Å². The Morgan fingerprint density at radius 2 is 1.82 bits per heavy atom. The molecule has 0 saturated carbocycles. The zero-order valence-corrected chi connectivity index (χ0v) is 16.6. The molecule has 4 rings (SSSR count). The van der Waals surface area contributed by atoms with E-state index in [-0.39, 0.29) is 5.91 Å². The normalized spacial score (nSPS) is 11.1. The first-order valence-electron chi connectivity index (χ1n) is 9.06. The van der Waals surface area contributed by atoms with Crippen molar-refractivity contribution < 1.29 is 13.9 Å². The van der Waals surface area contributed by atoms with E-state index in [1.54, 1.807) is 18.9 Å². The Hall–Kier alpha value is -2.92. The molecule has 3 aromatic carbocycles. The highest BCUT2D eigenvalue weighted by molar-refractivity contribution is 7.99. The predicted octanol–water partition coefficient (Wildman–Crippen LogP) is 5.77. The van der Waals surface area contributed by atoms with Crippen LogP contribution in [0.5, 0.6) is 5.75 Å². The molecule has 4 nitrogen and oxygen atoms in total. The molecule has 142 valence electrons. The topological polar surface area (TPSA) is 51.5 Å². The van der Waals surface area contributed by atoms with E-state index < -0.39 is 0 Å². The van der Waals surface area contributed by atoms with Gasteiger partial charge in [0.2, 0.25) is 5.91 Å². The Morgan fingerprint density at radius 3 is 2.61 bits per heavy atom. The summed E-state index contributed by atoms with van der Waals surface area (Å²) in [7, 11) is 1.60. The second-order valence-corrected chi connectivity index (χ2v) is 7.66. The second-order valence-electron chi connectivity index (χ2n) is 6.67. The van der Waals surface area contributed by atoms with Crippen molar-refractivity contribution in [3.8, 4) is 5.75 Å². The van der Waals surface area contributed by atoms with Crippen LogP contribution in [0.25, 0.3) is 21.9 Å². The van der Waals surface area contributed by atoms with Gasteiger partial charge in [-0.1, -0.05) is 48.0 Å². The summed E-state index contributed by atoms with van der Waals surface area (Å²) in [5.41, 5.74) is 4.61. The lowest BCUT2D eigenvalue weighted by Gasteiger charge is -2.10. The van der Waals surface area contributed by atoms with E-state index in [9.17, 15) is 4.79 Å². The summed E-state index contributed by atoms with van der Waals surface area (Å²) in [4.78, 5) is 12.4. The Kier molecular flexibility index (Phi) is 5.26. The molecule has 0 aliphatic heterocycles. The quantitative estimate of drug-likeness (QED) is 0.453. The third kappa shape index (κ3) is 3.85. The number of para-hydroxylation sites is 1. The standard InChI is InChI=1S/C23H21NO3S/c1-15-7-9-16(10-8-15)13-28-14-23(25)24-19-12-21-18(11-22(19)26-2)17-5-3-4-6-20(17)27-21/h3-12H,13-14H2,1-2H3,(H,24,25). The van der Waals surface area contributed by atoms with Crippen molar-refractivity contribution >= 4 is 45.3 Å². The molecular weight excluding hydrogens is 370 g/mol. The van der Waals surface area contributed by atoms with Crippen molar-refractivity contribution in [2.24, 2.45) is 0 Å². The molecule has 0 unspecified atom stereocenters. The second kappa shape index (κ2) is 7.98. The van der Waals surface area contributed by atoms with Gasteiger partial charge in [0.1, 0.15) is 16.9 Å². The van der Waals surface area contributed by atoms with Crippen molar-refractivity contribution in [1.82, 2.24) is 0 Å². The van der Waals surface area contributed by atoms with Gasteiger partial charge in [-0.25, -0.2) is 0 Å². The molecule has 0 fully saturated rings. The molecule has 0 spiro atoms. The fourth-order valence-electron chi connectivity index (χ4n) is 3.15. The zero-order valence-electron chi connectivity index (χ0n) is 15.8. The summed E-state index contributed by atoms with van der Waals surface area (Å²) in [6.45, 7) is 2.07. The highest BCUT2D eigenvalue weighted by Gasteiger charge is 2.14. The number of nitrogens with one attached hydrogen (secondary N) is 1. The minimum Gasteiger partial charge on any atom is -0.495 e. The first-order valence-corrected chi connectivity index (χ1v) is 10.2. The van der Waals surface area contributed by atoms with E-state index >= 15 is 0 Å². The molecule has 1 amide bonds. The number of rotatable bonds is 6. The maximum absolute atomic E-state index is 12.4. The number of carbonyl (C=O) groups is 1. The summed E-state index contributed by atoms with van der Waals surface area (Å²) in [6, 6.07) is 20.0. The SMILES string of the molecule is COc1cc2c(cc1NC(=O)CSCc1ccc(C)cc1)oc1ccccc12. The summed E-state index contributed by atoms with van der Waals surface area (Å²) in [5, 5.41) is 4.95. The van der Waals surface area contributed by atoms with Crippen molar-refractivity contribution in [2.75, 3.05) is 18.2 Å². The van der Waals surface area contributed by atoms with Crippen molar-refractivity contribution in [3.63, 3.8) is 0 Å². The summed E-state index contributed by atoms with van der Waals surface area (Å²) in [6.07, 6.45) is 0. The lowest BCUT2D eigenvalue weighted by Crippen LogP contribution is -2.14. The molecule has 0 atom stereocenters. The van der Waals surface area contributed by atoms with Crippen molar-refractivity contribution in [1.29, 1.82) is 0 Å². The van der Waals surface area contributed by atoms with Gasteiger partial charge in [0.25, 0.3) is 0 Å². The Balaban J connectivity index is 1.47. The molecule has 0 radical (unpaired) electrons. The van der Waals surface area contributed by atoms with Gasteiger partial charge >= 0.3 is 0 Å². The van der Waals surface area contributed by atoms with E-state index in [1.165, 1.54) is 11.1 Å². The number of ether oxygens (including phenoxy) is 1. The number of furan rings is 1. The van der Waals surface area contributed by atoms with Crippen LogP contribution in [0.2, 0.25) is 0 Å². The highest BCUT2D eigenvalue weighted by atomic mass is 32.2. The smallest absolute Gasteiger partial charge is 0.234 e. The first-order chi connectivity index (χ1) is 13.6. The molecule has 4 aromatic rings. The molecule has 1 heterocycles. The van der Waals surface area contributed by atoms with E-state index in [1.807, 2.05) is 36.4 Å². The molecule has 0 aliphatic carbocycles. The van der Waals surface area contributed by atoms with Gasteiger partial charge in [-0.15, -0.1) is 11.8 Å². The summed E-state index contributed by atoms with van der Waals surface area (Å²) >= 11 is 1.58. The third-order valence-electron chi connectivity index (χ3n) is 4.60. The first kappa shape index (κ1) is 18.4. The molecule has 0 saturated heterocycles. The summed E-state index contributed by atoms with van der Waals surface area (Å²) < 4.78 is 11.4. The lowest BCUT2D eigenvalue weighted by atomic mass is 10.1. The van der Waals surface area contributed by atoms with Gasteiger partial charge in [-0.2, -0.15) is 0 Å². The predicted molar refractivity (Wildman–Crippen MR) is 116 cm³/mol. The van der Waals surface area contributed by atoms with Crippen LogP contribution in [0.1, 0.15) is 11.1 Å². The third-order valence-corrected chi connectivity index (χ3v) is 5.60. The van der Waals surface area contributed by atoms with E-state index in [0.717, 1.165) is 27.7 Å². The van der Waals surface area contributed by atoms with Crippen molar-refractivity contribution in [2.45, 2.75) is 12.7 Å². The minimum atomic E-state index is -0.0640. The number of benzene rings is 3. The van der Waals surface area contributed by atoms with Crippen molar-refractivity contribution in [3.05, 3.63) is 71.8 Å². The molecule has 28 heavy (non-hydrogen) atoms. The molecule has 0 bridgehead atoms. The number of hydrogen-bond acceptors (Lipinski definition) is 4. The average molecular weight is 391 g/mol. The Bertz CT molecular complexity index is 1130. The number of aryl methyl sites for hydroxylation is 1. The number of carbonyl (C=O) groups excluding carboxylic acids is 1. The van der Waals surface area contributed by atoms with Gasteiger partial charge in [-0.05, 0) is 24.6 Å². The fourth-order valence-corrected chi connectivity index (χ4v) is 3.94. The van der Waals surface area contributed by atoms with Gasteiger partial charge < -0.3 is 14.5 Å². The molecule has 5 heteroatoms. The number of hydrogen-bond donors (Lipinski definition) is 1. The number of thioether (sulfide) groups is 1. The Morgan fingerprint density at radius 1 is 1.04 bits per heavy atom. The van der Waals surface area contributed by atoms with Gasteiger partial charge in [0.15, 0.2) is 0 Å². The van der Waals surface area contributed by atoms with Crippen LogP contribution in [0, 0.1) is 6.92 Å². The number of methoxy groups -OCH3 is 1. The monoisotopic (exact) mass is 391 g/mol. The van der Waals surface area contributed by atoms with E-state index in [2.05, 4.69) is 36.5 Å². The van der Waals surface area contributed by atoms with Crippen LogP contribution in [0.3, 0.4) is 0 Å². The molecule has 1 aromatic heterocycles. The molecule has 0 aliphatic rings. The van der Waals surface area contributed by atoms with Crippen LogP contribution in [-0.2, 0) is 10.5 Å². The number of fused-ring (bicyclic) bond motifs is 3. The van der Waals surface area contributed by atoms with Gasteiger partial charge in [0.05, 0.1) is 18.6 Å². The maximum Gasteiger partial charge on any atom is 0.234 e. The van der Waals surface area contributed by atoms with Crippen LogP contribution in [0.15, 0.2) is 65.1 Å². The van der Waals surface area contributed by atoms with Crippen LogP contribution in [0.4, 0.5) is 5.69 Å². The number of amides is 1. The largest absolute Gasteiger partial charge is 0.495 e. The van der Waals surface area contributed by atoms with E-state index in [0.29, 0.717) is 17.2 Å². The number of anilines is 1. The average Bonchev–Trinajstić information content (AvgIpc) is 3.06. The van der Waals surface area contributed by atoms with E-state index in [4.69, 9.17) is 9.15 Å². The summed E-state index contributed by atoms with van der Waals surface area (Å²) in [5.74, 6) is 1.73. The zero-order chi connectivity index (χ0) is 19.5. The minimum absolute atomic E-state index is 0.0640. The fraction of sp³-hybridized carbons (Fsp3) is 0.174. The Labute approximate surface area is 167 Å². The molecule has 1 N–H and O–H groups in total.